The second-order valence-corrected chi connectivity index (χ2v) is 12.7. The summed E-state index contributed by atoms with van der Waals surface area (Å²) in [5.41, 5.74) is 4.49. The van der Waals surface area contributed by atoms with E-state index in [1.54, 1.807) is 12.1 Å². The number of carbonyl (C=O) groups excluding carboxylic acids is 2. The highest BCUT2D eigenvalue weighted by molar-refractivity contribution is 6.06. The Morgan fingerprint density at radius 3 is 2.63 bits per heavy atom. The molecule has 2 aliphatic heterocycles. The lowest BCUT2D eigenvalue weighted by atomic mass is 9.44. The van der Waals surface area contributed by atoms with Gasteiger partial charge in [-0.05, 0) is 104 Å². The number of fused-ring (bicyclic) bond motifs is 1. The van der Waals surface area contributed by atoms with Crippen molar-refractivity contribution in [1.29, 1.82) is 0 Å². The topological polar surface area (TPSA) is 93.1 Å². The molecule has 5 atom stereocenters. The lowest BCUT2D eigenvalue weighted by molar-refractivity contribution is -0.135. The number of hydrogen-bond acceptors (Lipinski definition) is 6. The molecule has 6 aliphatic rings. The van der Waals surface area contributed by atoms with Crippen LogP contribution in [0.15, 0.2) is 95.0 Å². The highest BCUT2D eigenvalue weighted by Gasteiger charge is 2.68. The first-order valence-electron chi connectivity index (χ1n) is 15.7. The number of phenols is 1. The number of hydrogen-bond donors (Lipinski definition) is 2. The van der Waals surface area contributed by atoms with Gasteiger partial charge in [0.1, 0.15) is 17.3 Å². The Labute approximate surface area is 252 Å². The van der Waals surface area contributed by atoms with Gasteiger partial charge in [-0.1, -0.05) is 55.8 Å². The summed E-state index contributed by atoms with van der Waals surface area (Å²) < 4.78 is 12.2. The van der Waals surface area contributed by atoms with Gasteiger partial charge in [0.15, 0.2) is 0 Å². The van der Waals surface area contributed by atoms with Crippen molar-refractivity contribution in [2.24, 2.45) is 29.1 Å². The maximum absolute atomic E-state index is 14.0. The molecule has 43 heavy (non-hydrogen) atoms. The predicted molar refractivity (Wildman–Crippen MR) is 162 cm³/mol. The van der Waals surface area contributed by atoms with Crippen LogP contribution in [0.25, 0.3) is 5.57 Å². The summed E-state index contributed by atoms with van der Waals surface area (Å²) in [7, 11) is 0. The quantitative estimate of drug-likeness (QED) is 0.335. The van der Waals surface area contributed by atoms with Gasteiger partial charge in [-0.2, -0.15) is 0 Å². The molecule has 4 aliphatic carbocycles. The van der Waals surface area contributed by atoms with Gasteiger partial charge in [0.25, 0.3) is 0 Å². The molecule has 222 valence electrons. The molecule has 1 saturated carbocycles. The Morgan fingerprint density at radius 1 is 1.02 bits per heavy atom. The average Bonchev–Trinajstić information content (AvgIpc) is 3.49. The molecule has 0 radical (unpaired) electrons. The zero-order chi connectivity index (χ0) is 29.7. The van der Waals surface area contributed by atoms with Crippen molar-refractivity contribution in [1.82, 2.24) is 0 Å². The van der Waals surface area contributed by atoms with Crippen molar-refractivity contribution in [2.75, 3.05) is 6.61 Å². The van der Waals surface area contributed by atoms with E-state index in [9.17, 15) is 19.8 Å². The number of aliphatic hydroxyl groups excluding tert-OH is 1. The summed E-state index contributed by atoms with van der Waals surface area (Å²) in [4.78, 5) is 27.7. The Morgan fingerprint density at radius 2 is 1.86 bits per heavy atom. The van der Waals surface area contributed by atoms with Gasteiger partial charge in [0.2, 0.25) is 0 Å². The van der Waals surface area contributed by atoms with Crippen molar-refractivity contribution < 1.29 is 29.3 Å². The summed E-state index contributed by atoms with van der Waals surface area (Å²) in [6.45, 7) is 2.12. The molecule has 6 heteroatoms. The second-order valence-electron chi connectivity index (χ2n) is 12.7. The van der Waals surface area contributed by atoms with E-state index in [0.717, 1.165) is 60.0 Å². The van der Waals surface area contributed by atoms with Crippen molar-refractivity contribution in [3.05, 3.63) is 106 Å². The first-order chi connectivity index (χ1) is 21.0. The minimum absolute atomic E-state index is 0.0147. The minimum atomic E-state index is -0.804. The van der Waals surface area contributed by atoms with Crippen LogP contribution < -0.4 is 0 Å². The largest absolute Gasteiger partial charge is 0.508 e. The van der Waals surface area contributed by atoms with Gasteiger partial charge in [0.05, 0.1) is 11.0 Å². The van der Waals surface area contributed by atoms with E-state index in [-0.39, 0.29) is 48.0 Å². The van der Waals surface area contributed by atoms with E-state index < -0.39 is 5.41 Å². The maximum Gasteiger partial charge on any atom is 0.340 e. The highest BCUT2D eigenvalue weighted by atomic mass is 16.5. The number of esters is 2. The number of aliphatic hydroxyl groups is 1. The molecule has 6 nitrogen and oxygen atoms in total. The van der Waals surface area contributed by atoms with E-state index in [1.165, 1.54) is 0 Å². The summed E-state index contributed by atoms with van der Waals surface area (Å²) in [6, 6.07) is 17.3. The standard InChI is InChI=1S/C37H38O6/c1-2-3-12-29-28-14-13-27-26-15-17-37(33(27)32(28)35(40)42-29)30(20-23(16-18-38)19-22-8-5-4-6-9-22)43-36(41)34(37)31(26)24-10-7-11-25(39)21-24/h4-12,20-21,23,26-27,33,38-39H,2-3,13-19H2,1H3. The number of allylic oxidation sites excluding steroid dienone is 5. The van der Waals surface area contributed by atoms with Crippen LogP contribution in [0, 0.1) is 29.1 Å². The smallest absolute Gasteiger partial charge is 0.340 e. The number of unbranched alkanes of at least 4 members (excludes halogenated alkanes) is 1. The minimum Gasteiger partial charge on any atom is -0.508 e. The number of aromatic hydroxyl groups is 1. The molecule has 5 unspecified atom stereocenters. The van der Waals surface area contributed by atoms with E-state index in [0.29, 0.717) is 36.4 Å². The molecule has 1 spiro atoms. The van der Waals surface area contributed by atoms with Crippen LogP contribution in [0.1, 0.15) is 63.0 Å². The van der Waals surface area contributed by atoms with Crippen LogP contribution >= 0.6 is 0 Å². The molecule has 8 rings (SSSR count). The summed E-state index contributed by atoms with van der Waals surface area (Å²) in [5.74, 6) is 0.723. The average molecular weight is 579 g/mol. The van der Waals surface area contributed by atoms with E-state index in [4.69, 9.17) is 9.47 Å². The zero-order valence-corrected chi connectivity index (χ0v) is 24.6. The number of phenolic OH excluding ortho intramolecular Hbond substituents is 1. The molecule has 2 bridgehead atoms. The first-order valence-corrected chi connectivity index (χ1v) is 15.7. The molecule has 2 heterocycles. The third kappa shape index (κ3) is 4.41. The van der Waals surface area contributed by atoms with Crippen molar-refractivity contribution in [3.63, 3.8) is 0 Å². The number of ether oxygens (including phenoxy) is 2. The highest BCUT2D eigenvalue weighted by Crippen LogP contribution is 2.71. The van der Waals surface area contributed by atoms with E-state index in [2.05, 4.69) is 25.1 Å². The third-order valence-electron chi connectivity index (χ3n) is 10.3. The van der Waals surface area contributed by atoms with Gasteiger partial charge in [0, 0.05) is 23.7 Å². The van der Waals surface area contributed by atoms with Crippen molar-refractivity contribution >= 4 is 17.5 Å². The molecule has 0 aromatic heterocycles. The molecule has 0 amide bonds. The summed E-state index contributed by atoms with van der Waals surface area (Å²) in [6.07, 6.45) is 10.4. The van der Waals surface area contributed by atoms with Crippen molar-refractivity contribution in [3.8, 4) is 5.75 Å². The van der Waals surface area contributed by atoms with Crippen LogP contribution in [0.3, 0.4) is 0 Å². The van der Waals surface area contributed by atoms with Crippen LogP contribution in [-0.2, 0) is 25.5 Å². The molecule has 1 saturated heterocycles. The van der Waals surface area contributed by atoms with Gasteiger partial charge < -0.3 is 19.7 Å². The molecule has 2 N–H and O–H groups in total. The van der Waals surface area contributed by atoms with Crippen LogP contribution in [-0.4, -0.2) is 28.8 Å². The fourth-order valence-electron chi connectivity index (χ4n) is 8.73. The molecular formula is C37H38O6. The van der Waals surface area contributed by atoms with E-state index >= 15 is 0 Å². The molecule has 2 aromatic carbocycles. The van der Waals surface area contributed by atoms with Crippen molar-refractivity contribution in [2.45, 2.75) is 58.3 Å². The lowest BCUT2D eigenvalue weighted by Gasteiger charge is -2.56. The lowest BCUT2D eigenvalue weighted by Crippen LogP contribution is -2.52. The monoisotopic (exact) mass is 578 g/mol. The first kappa shape index (κ1) is 27.9. The predicted octanol–water partition coefficient (Wildman–Crippen LogP) is 6.80. The fourth-order valence-corrected chi connectivity index (χ4v) is 8.73. The maximum atomic E-state index is 14.0. The molecule has 2 aromatic rings. The summed E-state index contributed by atoms with van der Waals surface area (Å²) >= 11 is 0. The number of cyclic esters (lactones) is 2. The fraction of sp³-hybridized carbons (Fsp3) is 0.405. The van der Waals surface area contributed by atoms with Crippen LogP contribution in [0.5, 0.6) is 5.75 Å². The Balaban J connectivity index is 1.44. The Hall–Kier alpha value is -3.90. The zero-order valence-electron chi connectivity index (χ0n) is 24.6. The van der Waals surface area contributed by atoms with Crippen LogP contribution in [0.2, 0.25) is 0 Å². The number of benzene rings is 2. The summed E-state index contributed by atoms with van der Waals surface area (Å²) in [5, 5.41) is 20.4. The third-order valence-corrected chi connectivity index (χ3v) is 10.3. The van der Waals surface area contributed by atoms with E-state index in [1.807, 2.05) is 36.4 Å². The number of rotatable bonds is 8. The van der Waals surface area contributed by atoms with Gasteiger partial charge in [-0.3, -0.25) is 0 Å². The normalized spacial score (nSPS) is 30.0. The van der Waals surface area contributed by atoms with Gasteiger partial charge in [-0.15, -0.1) is 0 Å². The van der Waals surface area contributed by atoms with Gasteiger partial charge in [-0.25, -0.2) is 9.59 Å². The molecular weight excluding hydrogens is 540 g/mol. The number of carbonyl (C=O) groups is 2. The Bertz CT molecular complexity index is 1590. The van der Waals surface area contributed by atoms with Gasteiger partial charge >= 0.3 is 11.9 Å². The Kier molecular flexibility index (Phi) is 7.13. The van der Waals surface area contributed by atoms with Crippen LogP contribution in [0.4, 0.5) is 0 Å². The molecule has 2 fully saturated rings. The second kappa shape index (κ2) is 11.0. The SMILES string of the molecule is CCCC=C1OC(=O)C2=C1CCC1C3CCC4(C(=CC(CCO)Cc5ccccc5)OC(=O)C4=C3c3cccc(O)c3)C21.